The number of pyridine rings is 1. The fourth-order valence-corrected chi connectivity index (χ4v) is 4.77. The maximum absolute atomic E-state index is 8.80. The topological polar surface area (TPSA) is 12.9 Å². The molecule has 1 nitrogen and oxygen atoms in total. The van der Waals surface area contributed by atoms with E-state index in [-0.39, 0.29) is 5.92 Å². The molecule has 130 valence electrons. The summed E-state index contributed by atoms with van der Waals surface area (Å²) in [5.74, 6) is 1.52. The van der Waals surface area contributed by atoms with Gasteiger partial charge in [0.15, 0.2) is 0 Å². The summed E-state index contributed by atoms with van der Waals surface area (Å²) in [4.78, 5) is 4.51. The summed E-state index contributed by atoms with van der Waals surface area (Å²) in [5.41, 5.74) is 5.10. The lowest BCUT2D eigenvalue weighted by molar-refractivity contribution is 0.331. The van der Waals surface area contributed by atoms with Crippen molar-refractivity contribution in [2.24, 2.45) is 17.8 Å². The second-order valence-electron chi connectivity index (χ2n) is 7.80. The Balaban J connectivity index is 1.41. The SMILES string of the molecule is [2H]C([2H])(c1ccc(-c2ccnc(-c3ccccc3)c2)cc1)C1CC2CCC1C2. The van der Waals surface area contributed by atoms with E-state index in [2.05, 4.69) is 35.3 Å². The molecular formula is C25H25N. The lowest BCUT2D eigenvalue weighted by Gasteiger charge is -2.21. The fourth-order valence-electron chi connectivity index (χ4n) is 4.77. The summed E-state index contributed by atoms with van der Waals surface area (Å²) >= 11 is 0. The minimum Gasteiger partial charge on any atom is -0.256 e. The quantitative estimate of drug-likeness (QED) is 0.535. The maximum Gasteiger partial charge on any atom is 0.0708 e. The van der Waals surface area contributed by atoms with E-state index in [1.165, 1.54) is 19.3 Å². The third-order valence-corrected chi connectivity index (χ3v) is 6.14. The third kappa shape index (κ3) is 3.07. The zero-order chi connectivity index (χ0) is 19.1. The molecule has 2 aliphatic rings. The van der Waals surface area contributed by atoms with Crippen LogP contribution in [0.5, 0.6) is 0 Å². The van der Waals surface area contributed by atoms with Gasteiger partial charge in [-0.2, -0.15) is 0 Å². The largest absolute Gasteiger partial charge is 0.256 e. The number of aromatic nitrogens is 1. The van der Waals surface area contributed by atoms with Gasteiger partial charge in [0.25, 0.3) is 0 Å². The molecule has 3 atom stereocenters. The first kappa shape index (κ1) is 13.7. The molecule has 3 aromatic rings. The standard InChI is InChI=1S/C25H25N/c1-2-4-21(5-3-1)25-17-23(12-13-26-25)20-9-6-18(7-10-20)14-24-16-19-8-11-22(24)15-19/h1-7,9-10,12-13,17,19,22,24H,8,11,14-16H2/i14D2. The van der Waals surface area contributed by atoms with Gasteiger partial charge in [-0.25, -0.2) is 0 Å². The van der Waals surface area contributed by atoms with Gasteiger partial charge in [0.05, 0.1) is 5.69 Å². The summed E-state index contributed by atoms with van der Waals surface area (Å²) in [5, 5.41) is 0. The first-order chi connectivity index (χ1) is 13.6. The maximum atomic E-state index is 8.80. The van der Waals surface area contributed by atoms with E-state index >= 15 is 0 Å². The van der Waals surface area contributed by atoms with E-state index < -0.39 is 6.37 Å². The van der Waals surface area contributed by atoms with E-state index in [4.69, 9.17) is 2.74 Å². The Morgan fingerprint density at radius 2 is 1.69 bits per heavy atom. The Morgan fingerprint density at radius 3 is 2.42 bits per heavy atom. The molecule has 0 saturated heterocycles. The van der Waals surface area contributed by atoms with E-state index in [9.17, 15) is 0 Å². The first-order valence-electron chi connectivity index (χ1n) is 10.7. The van der Waals surface area contributed by atoms with Crippen LogP contribution in [0, 0.1) is 17.8 Å². The second kappa shape index (κ2) is 6.72. The number of hydrogen-bond acceptors (Lipinski definition) is 1. The zero-order valence-electron chi connectivity index (χ0n) is 16.9. The molecule has 1 aromatic heterocycles. The molecule has 2 aromatic carbocycles. The van der Waals surface area contributed by atoms with Gasteiger partial charge in [-0.15, -0.1) is 0 Å². The number of rotatable bonds is 4. The predicted molar refractivity (Wildman–Crippen MR) is 108 cm³/mol. The molecule has 3 unspecified atom stereocenters. The van der Waals surface area contributed by atoms with Crippen LogP contribution in [0.3, 0.4) is 0 Å². The highest BCUT2D eigenvalue weighted by Gasteiger charge is 2.39. The van der Waals surface area contributed by atoms with E-state index in [1.54, 1.807) is 0 Å². The molecule has 2 aliphatic carbocycles. The van der Waals surface area contributed by atoms with Crippen LogP contribution in [0.2, 0.25) is 0 Å². The Kier molecular flexibility index (Phi) is 3.55. The zero-order valence-corrected chi connectivity index (χ0v) is 14.9. The highest BCUT2D eigenvalue weighted by atomic mass is 14.7. The fraction of sp³-hybridized carbons (Fsp3) is 0.320. The molecule has 0 amide bonds. The molecule has 2 fully saturated rings. The second-order valence-corrected chi connectivity index (χ2v) is 7.80. The Labute approximate surface area is 158 Å². The van der Waals surface area contributed by atoms with Crippen LogP contribution in [0.25, 0.3) is 22.4 Å². The molecule has 0 radical (unpaired) electrons. The van der Waals surface area contributed by atoms with Crippen molar-refractivity contribution in [1.29, 1.82) is 0 Å². The van der Waals surface area contributed by atoms with Crippen molar-refractivity contribution in [3.63, 3.8) is 0 Å². The predicted octanol–water partition coefficient (Wildman–Crippen LogP) is 6.39. The van der Waals surface area contributed by atoms with E-state index in [1.807, 2.05) is 42.6 Å². The van der Waals surface area contributed by atoms with Gasteiger partial charge < -0.3 is 0 Å². The van der Waals surface area contributed by atoms with Crippen molar-refractivity contribution in [2.45, 2.75) is 32.1 Å². The highest BCUT2D eigenvalue weighted by molar-refractivity contribution is 5.70. The normalized spacial score (nSPS) is 25.8. The summed E-state index contributed by atoms with van der Waals surface area (Å²) in [7, 11) is 0. The van der Waals surface area contributed by atoms with Crippen LogP contribution in [0.1, 0.15) is 34.0 Å². The lowest BCUT2D eigenvalue weighted by atomic mass is 9.84. The number of fused-ring (bicyclic) bond motifs is 2. The minimum atomic E-state index is -1.23. The van der Waals surface area contributed by atoms with E-state index in [0.717, 1.165) is 40.3 Å². The number of hydrogen-bond donors (Lipinski definition) is 0. The van der Waals surface area contributed by atoms with Gasteiger partial charge in [0.1, 0.15) is 0 Å². The van der Waals surface area contributed by atoms with Crippen molar-refractivity contribution < 1.29 is 2.74 Å². The Morgan fingerprint density at radius 1 is 0.846 bits per heavy atom. The molecule has 0 N–H and O–H groups in total. The van der Waals surface area contributed by atoms with Crippen molar-refractivity contribution in [3.05, 3.63) is 78.5 Å². The van der Waals surface area contributed by atoms with Crippen molar-refractivity contribution in [3.8, 4) is 22.4 Å². The van der Waals surface area contributed by atoms with Gasteiger partial charge in [0, 0.05) is 14.5 Å². The summed E-state index contributed by atoms with van der Waals surface area (Å²) in [6, 6.07) is 22.4. The summed E-state index contributed by atoms with van der Waals surface area (Å²) < 4.78 is 17.6. The molecule has 5 rings (SSSR count). The van der Waals surface area contributed by atoms with Crippen LogP contribution >= 0.6 is 0 Å². The smallest absolute Gasteiger partial charge is 0.0708 e. The minimum absolute atomic E-state index is 0.183. The summed E-state index contributed by atoms with van der Waals surface area (Å²) in [6.07, 6.45) is 5.44. The number of nitrogens with zero attached hydrogens (tertiary/aromatic N) is 1. The van der Waals surface area contributed by atoms with Crippen molar-refractivity contribution >= 4 is 0 Å². The van der Waals surface area contributed by atoms with Gasteiger partial charge in [0.2, 0.25) is 0 Å². The molecule has 2 bridgehead atoms. The highest BCUT2D eigenvalue weighted by Crippen LogP contribution is 2.49. The van der Waals surface area contributed by atoms with Crippen molar-refractivity contribution in [2.75, 3.05) is 0 Å². The molecule has 1 heteroatoms. The number of benzene rings is 2. The average molecular weight is 341 g/mol. The van der Waals surface area contributed by atoms with Crippen LogP contribution < -0.4 is 0 Å². The average Bonchev–Trinajstić information content (AvgIpc) is 3.39. The first-order valence-corrected chi connectivity index (χ1v) is 9.73. The third-order valence-electron chi connectivity index (χ3n) is 6.14. The van der Waals surface area contributed by atoms with Gasteiger partial charge in [-0.3, -0.25) is 4.98 Å². The van der Waals surface area contributed by atoms with Crippen molar-refractivity contribution in [1.82, 2.24) is 4.98 Å². The lowest BCUT2D eigenvalue weighted by Crippen LogP contribution is -2.12. The van der Waals surface area contributed by atoms with Crippen LogP contribution in [-0.4, -0.2) is 4.98 Å². The summed E-state index contributed by atoms with van der Waals surface area (Å²) in [6.45, 7) is 0. The van der Waals surface area contributed by atoms with Gasteiger partial charge >= 0.3 is 0 Å². The van der Waals surface area contributed by atoms with Gasteiger partial charge in [-0.05, 0) is 72.2 Å². The molecule has 0 spiro atoms. The molecule has 2 saturated carbocycles. The molecular weight excluding hydrogens is 314 g/mol. The van der Waals surface area contributed by atoms with E-state index in [0.29, 0.717) is 5.92 Å². The van der Waals surface area contributed by atoms with Crippen LogP contribution in [0.15, 0.2) is 72.9 Å². The van der Waals surface area contributed by atoms with Crippen LogP contribution in [0.4, 0.5) is 0 Å². The monoisotopic (exact) mass is 341 g/mol. The molecule has 0 aliphatic heterocycles. The Bertz CT molecular complexity index is 965. The van der Waals surface area contributed by atoms with Crippen LogP contribution in [-0.2, 0) is 6.37 Å². The Hall–Kier alpha value is -2.41. The van der Waals surface area contributed by atoms with Gasteiger partial charge in [-0.1, -0.05) is 61.0 Å². The molecule has 26 heavy (non-hydrogen) atoms. The molecule has 1 heterocycles.